The van der Waals surface area contributed by atoms with E-state index in [2.05, 4.69) is 14.8 Å². The number of nitrogens with two attached hydrogens (primary N) is 1. The molecule has 1 rings (SSSR count). The molecule has 0 saturated carbocycles. The molecule has 1 aromatic rings. The van der Waals surface area contributed by atoms with Gasteiger partial charge in [0.25, 0.3) is 0 Å². The maximum atomic E-state index is 10.8. The highest BCUT2D eigenvalue weighted by atomic mass is 31.2. The normalized spacial score (nSPS) is 11.6. The Morgan fingerprint density at radius 2 is 2.18 bits per heavy atom. The van der Waals surface area contributed by atoms with Crippen LogP contribution in [0.15, 0.2) is 6.20 Å². The van der Waals surface area contributed by atoms with Crippen LogP contribution in [0.25, 0.3) is 0 Å². The van der Waals surface area contributed by atoms with E-state index in [1.165, 1.54) is 6.20 Å². The number of aromatic hydroxyl groups is 1. The minimum atomic E-state index is -4.57. The number of rotatable bonds is 10. The Bertz CT molecular complexity index is 547. The van der Waals surface area contributed by atoms with Crippen LogP contribution < -0.4 is 10.7 Å². The van der Waals surface area contributed by atoms with Gasteiger partial charge in [-0.1, -0.05) is 0 Å². The molecule has 0 atom stereocenters. The van der Waals surface area contributed by atoms with Crippen molar-refractivity contribution in [3.05, 3.63) is 23.0 Å². The molecule has 6 N–H and O–H groups in total. The second-order valence-corrected chi connectivity index (χ2v) is 6.11. The predicted molar refractivity (Wildman–Crippen MR) is 81.0 cm³/mol. The molecule has 0 fully saturated rings. The van der Waals surface area contributed by atoms with Gasteiger partial charge in [-0.3, -0.25) is 14.9 Å². The molecular formula is C13H23N3O5P+. The van der Waals surface area contributed by atoms with Gasteiger partial charge < -0.3 is 20.2 Å². The number of pyridine rings is 1. The summed E-state index contributed by atoms with van der Waals surface area (Å²) in [6, 6.07) is 0. The number of phosphoric acid groups is 1. The van der Waals surface area contributed by atoms with Gasteiger partial charge in [-0.2, -0.15) is 0 Å². The van der Waals surface area contributed by atoms with E-state index in [-0.39, 0.29) is 12.4 Å². The lowest BCUT2D eigenvalue weighted by molar-refractivity contribution is -0.107. The largest absolute Gasteiger partial charge is 0.506 e. The highest BCUT2D eigenvalue weighted by Crippen LogP contribution is 2.38. The van der Waals surface area contributed by atoms with E-state index >= 15 is 0 Å². The Kier molecular flexibility index (Phi) is 7.64. The molecule has 0 aliphatic rings. The fourth-order valence-corrected chi connectivity index (χ4v) is 2.19. The zero-order valence-electron chi connectivity index (χ0n) is 12.5. The van der Waals surface area contributed by atoms with Crippen molar-refractivity contribution in [3.8, 4) is 5.75 Å². The maximum Gasteiger partial charge on any atom is 0.469 e. The first-order valence-corrected chi connectivity index (χ1v) is 8.48. The Balaban J connectivity index is 2.67. The lowest BCUT2D eigenvalue weighted by atomic mass is 10.1. The van der Waals surface area contributed by atoms with Gasteiger partial charge in [0, 0.05) is 30.3 Å². The first kappa shape index (κ1) is 18.7. The minimum absolute atomic E-state index is 0.00889. The van der Waals surface area contributed by atoms with Crippen LogP contribution in [0.1, 0.15) is 36.1 Å². The number of aromatic nitrogens is 1. The van der Waals surface area contributed by atoms with E-state index in [9.17, 15) is 9.67 Å². The summed E-state index contributed by atoms with van der Waals surface area (Å²) in [6.45, 7) is 2.45. The molecule has 0 aliphatic heterocycles. The molecule has 22 heavy (non-hydrogen) atoms. The van der Waals surface area contributed by atoms with Gasteiger partial charge in [0.05, 0.1) is 12.3 Å². The fourth-order valence-electron chi connectivity index (χ4n) is 1.89. The zero-order valence-corrected chi connectivity index (χ0v) is 13.4. The summed E-state index contributed by atoms with van der Waals surface area (Å²) in [5.74, 6) is 0.00889. The van der Waals surface area contributed by atoms with Crippen molar-refractivity contribution in [2.45, 2.75) is 39.3 Å². The predicted octanol–water partition coefficient (Wildman–Crippen LogP) is -0.205. The van der Waals surface area contributed by atoms with Crippen molar-refractivity contribution >= 4 is 14.0 Å². The van der Waals surface area contributed by atoms with Crippen LogP contribution in [0, 0.1) is 6.92 Å². The van der Waals surface area contributed by atoms with Crippen molar-refractivity contribution in [3.63, 3.8) is 0 Å². The second-order valence-electron chi connectivity index (χ2n) is 4.87. The average molecular weight is 332 g/mol. The Morgan fingerprint density at radius 3 is 2.82 bits per heavy atom. The van der Waals surface area contributed by atoms with Crippen LogP contribution in [-0.4, -0.2) is 32.6 Å². The molecule has 1 heterocycles. The van der Waals surface area contributed by atoms with Crippen LogP contribution in [0.4, 0.5) is 0 Å². The second kappa shape index (κ2) is 8.97. The molecule has 8 nitrogen and oxygen atoms in total. The van der Waals surface area contributed by atoms with Gasteiger partial charge in [-0.25, -0.2) is 4.57 Å². The third-order valence-corrected chi connectivity index (χ3v) is 3.56. The van der Waals surface area contributed by atoms with Crippen LogP contribution in [0.3, 0.4) is 0 Å². The van der Waals surface area contributed by atoms with E-state index < -0.39 is 7.82 Å². The summed E-state index contributed by atoms with van der Waals surface area (Å²) < 4.78 is 15.3. The van der Waals surface area contributed by atoms with Gasteiger partial charge in [0.1, 0.15) is 12.0 Å². The molecular weight excluding hydrogens is 309 g/mol. The molecule has 0 saturated heterocycles. The molecule has 1 aromatic heterocycles. The van der Waals surface area contributed by atoms with Crippen LogP contribution in [-0.2, 0) is 22.2 Å². The van der Waals surface area contributed by atoms with Crippen LogP contribution >= 0.6 is 7.82 Å². The van der Waals surface area contributed by atoms with Crippen LogP contribution in [0.2, 0.25) is 0 Å². The average Bonchev–Trinajstić information content (AvgIpc) is 2.45. The van der Waals surface area contributed by atoms with Gasteiger partial charge in [-0.05, 0) is 26.3 Å². The molecule has 0 amide bonds. The highest BCUT2D eigenvalue weighted by molar-refractivity contribution is 7.46. The minimum Gasteiger partial charge on any atom is -0.506 e. The summed E-state index contributed by atoms with van der Waals surface area (Å²) in [6.07, 6.45) is 5.83. The molecule has 0 bridgehead atoms. The summed E-state index contributed by atoms with van der Waals surface area (Å²) in [5, 5.41) is 18.5. The van der Waals surface area contributed by atoms with Crippen molar-refractivity contribution in [1.82, 2.24) is 10.3 Å². The number of hydrogen-bond donors (Lipinski definition) is 5. The Morgan fingerprint density at radius 1 is 1.45 bits per heavy atom. The van der Waals surface area contributed by atoms with Crippen LogP contribution in [0.5, 0.6) is 5.75 Å². The molecule has 0 spiro atoms. The molecule has 0 aliphatic carbocycles. The maximum absolute atomic E-state index is 10.8. The molecule has 124 valence electrons. The van der Waals surface area contributed by atoms with Crippen molar-refractivity contribution in [1.29, 1.82) is 0 Å². The number of nitrogens with one attached hydrogen (secondary N) is 1. The first-order chi connectivity index (χ1) is 10.3. The summed E-state index contributed by atoms with van der Waals surface area (Å²) in [7, 11) is -4.57. The summed E-state index contributed by atoms with van der Waals surface area (Å²) in [4.78, 5) is 21.5. The quantitative estimate of drug-likeness (QED) is 0.227. The molecule has 0 aromatic carbocycles. The third-order valence-electron chi connectivity index (χ3n) is 3.09. The summed E-state index contributed by atoms with van der Waals surface area (Å²) >= 11 is 0. The lowest BCUT2D eigenvalue weighted by Gasteiger charge is -2.14. The first-order valence-electron chi connectivity index (χ1n) is 6.95. The van der Waals surface area contributed by atoms with E-state index in [1.54, 1.807) is 13.1 Å². The smallest absolute Gasteiger partial charge is 0.469 e. The van der Waals surface area contributed by atoms with E-state index in [4.69, 9.17) is 15.2 Å². The topological polar surface area (TPSA) is 138 Å². The standard InChI is InChI=1S/C13H22N3O5P/c1-10-13(17)12(8-15-6-4-2-3-5-14)11(7-16-10)9-21-22(18,19)20/h5,7,14-15,17H,2-4,6,8-9H2,1H3,(H2,18,19,20)/p+1. The van der Waals surface area contributed by atoms with Gasteiger partial charge in [-0.15, -0.1) is 0 Å². The monoisotopic (exact) mass is 332 g/mol. The van der Waals surface area contributed by atoms with E-state index in [0.29, 0.717) is 23.4 Å². The number of aryl methyl sites for hydroxylation is 1. The summed E-state index contributed by atoms with van der Waals surface area (Å²) in [5.41, 5.74) is 1.43. The molecule has 0 unspecified atom stereocenters. The Labute approximate surface area is 129 Å². The zero-order chi connectivity index (χ0) is 16.6. The fraction of sp³-hybridized carbons (Fsp3) is 0.538. The van der Waals surface area contributed by atoms with Crippen molar-refractivity contribution in [2.24, 2.45) is 0 Å². The number of nitrogens with zero attached hydrogens (tertiary/aromatic N) is 1. The van der Waals surface area contributed by atoms with E-state index in [1.807, 2.05) is 0 Å². The third kappa shape index (κ3) is 6.64. The van der Waals surface area contributed by atoms with Gasteiger partial charge in [0.15, 0.2) is 0 Å². The molecule has 9 heteroatoms. The SMILES string of the molecule is Cc1ncc(COP(=O)(O)O)c(CNCCCCC=[NH2+])c1O. The lowest BCUT2D eigenvalue weighted by Crippen LogP contribution is -2.29. The van der Waals surface area contributed by atoms with E-state index in [0.717, 1.165) is 25.8 Å². The Hall–Kier alpha value is -1.31. The highest BCUT2D eigenvalue weighted by Gasteiger charge is 2.17. The van der Waals surface area contributed by atoms with Crippen molar-refractivity contribution < 1.29 is 29.4 Å². The number of phosphoric ester groups is 1. The van der Waals surface area contributed by atoms with Crippen molar-refractivity contribution in [2.75, 3.05) is 6.54 Å². The number of hydrogen-bond acceptors (Lipinski definition) is 5. The van der Waals surface area contributed by atoms with Gasteiger partial charge in [0.2, 0.25) is 0 Å². The number of unbranched alkanes of at least 4 members (excludes halogenated alkanes) is 2. The molecule has 0 radical (unpaired) electrons. The van der Waals surface area contributed by atoms with Gasteiger partial charge >= 0.3 is 7.82 Å².